The fourth-order valence-electron chi connectivity index (χ4n) is 1.82. The van der Waals surface area contributed by atoms with Gasteiger partial charge in [0.1, 0.15) is 0 Å². The summed E-state index contributed by atoms with van der Waals surface area (Å²) in [7, 11) is 0. The van der Waals surface area contributed by atoms with Crippen LogP contribution in [0.4, 0.5) is 5.00 Å². The van der Waals surface area contributed by atoms with Gasteiger partial charge in [-0.3, -0.25) is 4.79 Å². The van der Waals surface area contributed by atoms with Crippen LogP contribution in [0.25, 0.3) is 0 Å². The fourth-order valence-corrected chi connectivity index (χ4v) is 2.73. The summed E-state index contributed by atoms with van der Waals surface area (Å²) in [6.07, 6.45) is 2.15. The van der Waals surface area contributed by atoms with Crippen molar-refractivity contribution in [1.82, 2.24) is 0 Å². The Kier molecular flexibility index (Phi) is 2.56. The number of ether oxygens (including phenoxy) is 1. The molecule has 1 saturated heterocycles. The van der Waals surface area contributed by atoms with Gasteiger partial charge in [-0.15, -0.1) is 11.3 Å². The van der Waals surface area contributed by atoms with Crippen LogP contribution >= 0.6 is 11.3 Å². The molecule has 0 aromatic carbocycles. The highest BCUT2D eigenvalue weighted by atomic mass is 32.1. The van der Waals surface area contributed by atoms with Crippen molar-refractivity contribution in [3.63, 3.8) is 0 Å². The maximum absolute atomic E-state index is 11.4. The van der Waals surface area contributed by atoms with Crippen LogP contribution in [0.2, 0.25) is 0 Å². The highest BCUT2D eigenvalue weighted by molar-refractivity contribution is 7.14. The fraction of sp³-hybridized carbons (Fsp3) is 0.500. The number of carbonyl (C=O) groups is 1. The Labute approximate surface area is 86.9 Å². The molecule has 0 radical (unpaired) electrons. The smallest absolute Gasteiger partial charge is 0.163 e. The zero-order chi connectivity index (χ0) is 10.1. The molecule has 1 aliphatic rings. The van der Waals surface area contributed by atoms with E-state index in [2.05, 4.69) is 0 Å². The maximum Gasteiger partial charge on any atom is 0.163 e. The number of nitrogens with two attached hydrogens (primary N) is 1. The summed E-state index contributed by atoms with van der Waals surface area (Å²) >= 11 is 1.42. The minimum Gasteiger partial charge on any atom is -0.390 e. The molecule has 2 rings (SSSR count). The predicted molar refractivity (Wildman–Crippen MR) is 56.7 cm³/mol. The molecule has 1 unspecified atom stereocenters. The minimum absolute atomic E-state index is 0.0363. The van der Waals surface area contributed by atoms with E-state index in [-0.39, 0.29) is 11.9 Å². The Bertz CT molecular complexity index is 353. The van der Waals surface area contributed by atoms with Crippen molar-refractivity contribution in [3.05, 3.63) is 16.5 Å². The van der Waals surface area contributed by atoms with E-state index < -0.39 is 0 Å². The topological polar surface area (TPSA) is 52.3 Å². The average molecular weight is 211 g/mol. The standard InChI is InChI=1S/C10H13NO2S/c1-6(12)9-7(5-14-10(9)11)8-3-2-4-13-8/h5,8H,2-4,11H2,1H3. The van der Waals surface area contributed by atoms with Crippen molar-refractivity contribution in [2.45, 2.75) is 25.9 Å². The van der Waals surface area contributed by atoms with E-state index in [0.29, 0.717) is 10.6 Å². The van der Waals surface area contributed by atoms with Gasteiger partial charge in [-0.1, -0.05) is 0 Å². The van der Waals surface area contributed by atoms with Crippen LogP contribution in [0.15, 0.2) is 5.38 Å². The average Bonchev–Trinajstić information content (AvgIpc) is 2.70. The van der Waals surface area contributed by atoms with Crippen LogP contribution in [0, 0.1) is 0 Å². The first-order valence-corrected chi connectivity index (χ1v) is 5.57. The zero-order valence-electron chi connectivity index (χ0n) is 8.08. The molecule has 1 aromatic heterocycles. The van der Waals surface area contributed by atoms with Crippen molar-refractivity contribution in [2.75, 3.05) is 12.3 Å². The summed E-state index contributed by atoms with van der Waals surface area (Å²) in [6, 6.07) is 0. The molecule has 0 spiro atoms. The van der Waals surface area contributed by atoms with Crippen LogP contribution in [0.5, 0.6) is 0 Å². The van der Waals surface area contributed by atoms with Gasteiger partial charge in [0.2, 0.25) is 0 Å². The first-order chi connectivity index (χ1) is 6.70. The van der Waals surface area contributed by atoms with Crippen molar-refractivity contribution in [1.29, 1.82) is 0 Å². The lowest BCUT2D eigenvalue weighted by atomic mass is 10.0. The van der Waals surface area contributed by atoms with Crippen molar-refractivity contribution in [2.24, 2.45) is 0 Å². The number of ketones is 1. The van der Waals surface area contributed by atoms with E-state index in [4.69, 9.17) is 10.5 Å². The molecular weight excluding hydrogens is 198 g/mol. The molecule has 2 N–H and O–H groups in total. The second-order valence-corrected chi connectivity index (χ2v) is 4.40. The Morgan fingerprint density at radius 3 is 3.07 bits per heavy atom. The molecule has 4 heteroatoms. The molecule has 1 aliphatic heterocycles. The van der Waals surface area contributed by atoms with Crippen LogP contribution in [-0.2, 0) is 4.74 Å². The lowest BCUT2D eigenvalue weighted by Gasteiger charge is -2.09. The molecule has 0 saturated carbocycles. The van der Waals surface area contributed by atoms with E-state index in [1.165, 1.54) is 11.3 Å². The molecule has 3 nitrogen and oxygen atoms in total. The quantitative estimate of drug-likeness (QED) is 0.764. The number of hydrogen-bond donors (Lipinski definition) is 1. The molecule has 0 aliphatic carbocycles. The third-order valence-electron chi connectivity index (χ3n) is 2.48. The first kappa shape index (κ1) is 9.68. The van der Waals surface area contributed by atoms with Gasteiger partial charge in [0, 0.05) is 12.2 Å². The summed E-state index contributed by atoms with van der Waals surface area (Å²) in [6.45, 7) is 2.34. The van der Waals surface area contributed by atoms with Gasteiger partial charge in [0.25, 0.3) is 0 Å². The number of hydrogen-bond acceptors (Lipinski definition) is 4. The second-order valence-electron chi connectivity index (χ2n) is 3.49. The molecule has 2 heterocycles. The third-order valence-corrected chi connectivity index (χ3v) is 3.31. The van der Waals surface area contributed by atoms with Gasteiger partial charge in [-0.25, -0.2) is 0 Å². The molecule has 1 atom stereocenters. The lowest BCUT2D eigenvalue weighted by Crippen LogP contribution is -2.03. The summed E-state index contributed by atoms with van der Waals surface area (Å²) in [5.41, 5.74) is 7.40. The first-order valence-electron chi connectivity index (χ1n) is 4.69. The van der Waals surface area contributed by atoms with E-state index >= 15 is 0 Å². The predicted octanol–water partition coefficient (Wildman–Crippen LogP) is 2.38. The summed E-state index contributed by atoms with van der Waals surface area (Å²) in [5.74, 6) is 0.0363. The Morgan fingerprint density at radius 1 is 1.71 bits per heavy atom. The SMILES string of the molecule is CC(=O)c1c(C2CCCO2)csc1N. The number of carbonyl (C=O) groups excluding carboxylic acids is 1. The van der Waals surface area contributed by atoms with Crippen molar-refractivity contribution >= 4 is 22.1 Å². The monoisotopic (exact) mass is 211 g/mol. The van der Waals surface area contributed by atoms with Gasteiger partial charge in [-0.05, 0) is 25.1 Å². The normalized spacial score (nSPS) is 21.4. The van der Waals surface area contributed by atoms with Crippen LogP contribution in [-0.4, -0.2) is 12.4 Å². The Morgan fingerprint density at radius 2 is 2.50 bits per heavy atom. The molecule has 0 amide bonds. The summed E-state index contributed by atoms with van der Waals surface area (Å²) in [4.78, 5) is 11.4. The van der Waals surface area contributed by atoms with Crippen LogP contribution < -0.4 is 5.73 Å². The van der Waals surface area contributed by atoms with E-state index in [9.17, 15) is 4.79 Å². The molecule has 76 valence electrons. The second kappa shape index (κ2) is 3.71. The Balaban J connectivity index is 2.37. The largest absolute Gasteiger partial charge is 0.390 e. The maximum atomic E-state index is 11.4. The summed E-state index contributed by atoms with van der Waals surface area (Å²) in [5, 5.41) is 2.56. The van der Waals surface area contributed by atoms with Gasteiger partial charge >= 0.3 is 0 Å². The van der Waals surface area contributed by atoms with Gasteiger partial charge in [-0.2, -0.15) is 0 Å². The van der Waals surface area contributed by atoms with Gasteiger partial charge < -0.3 is 10.5 Å². The Hall–Kier alpha value is -0.870. The third kappa shape index (κ3) is 1.55. The van der Waals surface area contributed by atoms with Crippen molar-refractivity contribution in [3.8, 4) is 0 Å². The van der Waals surface area contributed by atoms with E-state index in [0.717, 1.165) is 25.0 Å². The molecule has 14 heavy (non-hydrogen) atoms. The number of rotatable bonds is 2. The molecule has 1 fully saturated rings. The molecule has 1 aromatic rings. The number of Topliss-reactive ketones (excluding diaryl/α,β-unsaturated/α-hetero) is 1. The van der Waals surface area contributed by atoms with E-state index in [1.807, 2.05) is 5.38 Å². The number of thiophene rings is 1. The highest BCUT2D eigenvalue weighted by Gasteiger charge is 2.24. The van der Waals surface area contributed by atoms with E-state index in [1.54, 1.807) is 6.92 Å². The van der Waals surface area contributed by atoms with Gasteiger partial charge in [0.05, 0.1) is 16.7 Å². The van der Waals surface area contributed by atoms with Crippen LogP contribution in [0.3, 0.4) is 0 Å². The minimum atomic E-state index is 0.0363. The highest BCUT2D eigenvalue weighted by Crippen LogP contribution is 2.36. The molecule has 0 bridgehead atoms. The summed E-state index contributed by atoms with van der Waals surface area (Å²) < 4.78 is 5.54. The van der Waals surface area contributed by atoms with Crippen LogP contribution in [0.1, 0.15) is 41.8 Å². The zero-order valence-corrected chi connectivity index (χ0v) is 8.89. The van der Waals surface area contributed by atoms with Gasteiger partial charge in [0.15, 0.2) is 5.78 Å². The number of nitrogen functional groups attached to an aromatic ring is 1. The van der Waals surface area contributed by atoms with Crippen molar-refractivity contribution < 1.29 is 9.53 Å². The number of anilines is 1. The lowest BCUT2D eigenvalue weighted by molar-refractivity contribution is 0.0983. The molecular formula is C10H13NO2S.